The lowest BCUT2D eigenvalue weighted by Crippen LogP contribution is -2.23. The summed E-state index contributed by atoms with van der Waals surface area (Å²) in [6.45, 7) is -0.734. The van der Waals surface area contributed by atoms with Gasteiger partial charge in [0.15, 0.2) is 6.61 Å². The molecule has 0 saturated heterocycles. The normalized spacial score (nSPS) is 10.8. The highest BCUT2D eigenvalue weighted by molar-refractivity contribution is 5.69. The largest absolute Gasteiger partial charge is 0.497 e. The van der Waals surface area contributed by atoms with Crippen molar-refractivity contribution >= 4 is 5.97 Å². The highest BCUT2D eigenvalue weighted by atomic mass is 19.1. The summed E-state index contributed by atoms with van der Waals surface area (Å²) in [5, 5.41) is 7.67. The van der Waals surface area contributed by atoms with Crippen LogP contribution in [-0.2, 0) is 22.7 Å². The molecule has 0 saturated carbocycles. The second kappa shape index (κ2) is 8.61. The molecule has 0 unspecified atom stereocenters. The molecule has 0 radical (unpaired) electrons. The van der Waals surface area contributed by atoms with Crippen molar-refractivity contribution in [3.8, 4) is 28.7 Å². The van der Waals surface area contributed by atoms with Gasteiger partial charge in [-0.2, -0.15) is 9.67 Å². The maximum Gasteiger partial charge on any atom is 0.437 e. The Morgan fingerprint density at radius 3 is 2.45 bits per heavy atom. The summed E-state index contributed by atoms with van der Waals surface area (Å²) in [5.74, 6) is -0.993. The highest BCUT2D eigenvalue weighted by Crippen LogP contribution is 2.21. The molecule has 31 heavy (non-hydrogen) atoms. The van der Waals surface area contributed by atoms with Crippen molar-refractivity contribution < 1.29 is 27.6 Å². The Labute approximate surface area is 173 Å². The van der Waals surface area contributed by atoms with Gasteiger partial charge in [-0.25, -0.2) is 9.18 Å². The van der Waals surface area contributed by atoms with Crippen LogP contribution in [0.5, 0.6) is 5.75 Å². The lowest BCUT2D eigenvalue weighted by atomic mass is 10.2. The summed E-state index contributed by atoms with van der Waals surface area (Å²) in [4.78, 5) is 28.1. The maximum absolute atomic E-state index is 13.0. The van der Waals surface area contributed by atoms with Gasteiger partial charge in [-0.15, -0.1) is 5.10 Å². The molecular formula is C20H15FN4O6. The first-order chi connectivity index (χ1) is 15.0. The number of carbonyl (C=O) groups excluding carboxylic acids is 1. The van der Waals surface area contributed by atoms with Crippen LogP contribution >= 0.6 is 0 Å². The molecular weight excluding hydrogens is 411 g/mol. The standard InChI is InChI=1S/C20H15FN4O6/c1-28-15-8-4-12(5-9-15)18-22-16(24-31-18)11-29-17(26)10-25-20(27)30-19(23-25)13-2-6-14(21)7-3-13/h2-9H,10-11H2,1H3. The zero-order valence-corrected chi connectivity index (χ0v) is 16.1. The number of ether oxygens (including phenoxy) is 2. The molecule has 0 atom stereocenters. The predicted octanol–water partition coefficient (Wildman–Crippen LogP) is 2.44. The molecule has 2 aromatic carbocycles. The average molecular weight is 426 g/mol. The van der Waals surface area contributed by atoms with E-state index in [0.29, 0.717) is 16.9 Å². The smallest absolute Gasteiger partial charge is 0.437 e. The molecule has 0 bridgehead atoms. The molecule has 0 aliphatic carbocycles. The van der Waals surface area contributed by atoms with Crippen molar-refractivity contribution in [1.82, 2.24) is 19.9 Å². The lowest BCUT2D eigenvalue weighted by molar-refractivity contribution is -0.146. The highest BCUT2D eigenvalue weighted by Gasteiger charge is 2.16. The second-order valence-corrected chi connectivity index (χ2v) is 6.24. The number of hydrogen-bond donors (Lipinski definition) is 0. The van der Waals surface area contributed by atoms with Crippen LogP contribution in [0.1, 0.15) is 5.82 Å². The van der Waals surface area contributed by atoms with Gasteiger partial charge in [-0.1, -0.05) is 5.16 Å². The Balaban J connectivity index is 1.36. The zero-order valence-electron chi connectivity index (χ0n) is 16.1. The monoisotopic (exact) mass is 426 g/mol. The summed E-state index contributed by atoms with van der Waals surface area (Å²) in [6.07, 6.45) is 0. The van der Waals surface area contributed by atoms with Crippen LogP contribution in [0.3, 0.4) is 0 Å². The van der Waals surface area contributed by atoms with Gasteiger partial charge >= 0.3 is 11.7 Å². The summed E-state index contributed by atoms with van der Waals surface area (Å²) in [5.41, 5.74) is 1.07. The molecule has 2 aromatic heterocycles. The van der Waals surface area contributed by atoms with Crippen molar-refractivity contribution in [2.45, 2.75) is 13.2 Å². The number of aromatic nitrogens is 4. The van der Waals surface area contributed by atoms with E-state index in [1.54, 1.807) is 31.4 Å². The Morgan fingerprint density at radius 1 is 1.06 bits per heavy atom. The van der Waals surface area contributed by atoms with Gasteiger partial charge in [0.2, 0.25) is 11.7 Å². The molecule has 10 nitrogen and oxygen atoms in total. The van der Waals surface area contributed by atoms with E-state index in [4.69, 9.17) is 18.4 Å². The molecule has 2 heterocycles. The number of methoxy groups -OCH3 is 1. The van der Waals surface area contributed by atoms with Crippen LogP contribution in [0.15, 0.2) is 62.3 Å². The van der Waals surface area contributed by atoms with E-state index in [1.807, 2.05) is 0 Å². The van der Waals surface area contributed by atoms with Crippen molar-refractivity contribution in [2.24, 2.45) is 0 Å². The molecule has 0 amide bonds. The molecule has 0 aliphatic rings. The topological polar surface area (TPSA) is 122 Å². The third-order valence-electron chi connectivity index (χ3n) is 4.14. The van der Waals surface area contributed by atoms with Crippen LogP contribution < -0.4 is 10.5 Å². The fraction of sp³-hybridized carbons (Fsp3) is 0.150. The van der Waals surface area contributed by atoms with E-state index in [1.165, 1.54) is 24.3 Å². The van der Waals surface area contributed by atoms with Crippen molar-refractivity contribution in [3.63, 3.8) is 0 Å². The minimum absolute atomic E-state index is 0.0416. The molecule has 4 aromatic rings. The minimum Gasteiger partial charge on any atom is -0.497 e. The van der Waals surface area contributed by atoms with E-state index < -0.39 is 24.1 Å². The van der Waals surface area contributed by atoms with Crippen LogP contribution in [0.2, 0.25) is 0 Å². The fourth-order valence-corrected chi connectivity index (χ4v) is 2.59. The fourth-order valence-electron chi connectivity index (χ4n) is 2.59. The number of nitrogens with zero attached hydrogens (tertiary/aromatic N) is 4. The Kier molecular flexibility index (Phi) is 5.56. The van der Waals surface area contributed by atoms with Crippen molar-refractivity contribution in [1.29, 1.82) is 0 Å². The molecule has 0 fully saturated rings. The van der Waals surface area contributed by atoms with Gasteiger partial charge in [0.25, 0.3) is 5.89 Å². The molecule has 11 heteroatoms. The first-order valence-corrected chi connectivity index (χ1v) is 8.98. The number of halogens is 1. The quantitative estimate of drug-likeness (QED) is 0.410. The van der Waals surface area contributed by atoms with Gasteiger partial charge in [0.05, 0.1) is 7.11 Å². The van der Waals surface area contributed by atoms with E-state index in [9.17, 15) is 14.0 Å². The summed E-state index contributed by atoms with van der Waals surface area (Å²) < 4.78 is 34.1. The van der Waals surface area contributed by atoms with Gasteiger partial charge in [-0.3, -0.25) is 4.79 Å². The molecule has 0 N–H and O–H groups in total. The summed E-state index contributed by atoms with van der Waals surface area (Å²) in [7, 11) is 1.56. The number of hydrogen-bond acceptors (Lipinski definition) is 9. The van der Waals surface area contributed by atoms with Gasteiger partial charge in [0.1, 0.15) is 18.1 Å². The van der Waals surface area contributed by atoms with Crippen LogP contribution in [-0.4, -0.2) is 33.0 Å². The first kappa shape index (κ1) is 20.0. The van der Waals surface area contributed by atoms with Gasteiger partial charge < -0.3 is 18.4 Å². The van der Waals surface area contributed by atoms with E-state index in [-0.39, 0.29) is 24.2 Å². The minimum atomic E-state index is -0.849. The average Bonchev–Trinajstić information content (AvgIpc) is 3.40. The van der Waals surface area contributed by atoms with Crippen LogP contribution in [0.25, 0.3) is 22.9 Å². The van der Waals surface area contributed by atoms with Crippen LogP contribution in [0, 0.1) is 5.82 Å². The van der Waals surface area contributed by atoms with E-state index in [0.717, 1.165) is 4.68 Å². The molecule has 0 spiro atoms. The van der Waals surface area contributed by atoms with Crippen LogP contribution in [0.4, 0.5) is 4.39 Å². The number of benzene rings is 2. The van der Waals surface area contributed by atoms with Crippen molar-refractivity contribution in [2.75, 3.05) is 7.11 Å². The third kappa shape index (κ3) is 4.66. The summed E-state index contributed by atoms with van der Waals surface area (Å²) in [6, 6.07) is 12.2. The molecule has 0 aliphatic heterocycles. The Bertz CT molecular complexity index is 1240. The molecule has 4 rings (SSSR count). The zero-order chi connectivity index (χ0) is 21.8. The van der Waals surface area contributed by atoms with E-state index >= 15 is 0 Å². The SMILES string of the molecule is COc1ccc(-c2nc(COC(=O)Cn3nc(-c4ccc(F)cc4)oc3=O)no2)cc1. The number of carbonyl (C=O) groups is 1. The summed E-state index contributed by atoms with van der Waals surface area (Å²) >= 11 is 0. The first-order valence-electron chi connectivity index (χ1n) is 8.98. The Hall–Kier alpha value is -4.28. The number of esters is 1. The molecule has 158 valence electrons. The number of rotatable bonds is 7. The second-order valence-electron chi connectivity index (χ2n) is 6.24. The van der Waals surface area contributed by atoms with Gasteiger partial charge in [0, 0.05) is 11.1 Å². The van der Waals surface area contributed by atoms with Crippen molar-refractivity contribution in [3.05, 3.63) is 70.7 Å². The predicted molar refractivity (Wildman–Crippen MR) is 102 cm³/mol. The van der Waals surface area contributed by atoms with E-state index in [2.05, 4.69) is 15.2 Å². The lowest BCUT2D eigenvalue weighted by Gasteiger charge is -2.00. The van der Waals surface area contributed by atoms with Gasteiger partial charge in [-0.05, 0) is 48.5 Å². The Morgan fingerprint density at radius 2 is 1.74 bits per heavy atom. The third-order valence-corrected chi connectivity index (χ3v) is 4.14. The maximum atomic E-state index is 13.0.